The van der Waals surface area contributed by atoms with E-state index in [1.807, 2.05) is 25.1 Å². The van der Waals surface area contributed by atoms with Crippen molar-refractivity contribution in [3.63, 3.8) is 0 Å². The summed E-state index contributed by atoms with van der Waals surface area (Å²) >= 11 is 0. The lowest BCUT2D eigenvalue weighted by Gasteiger charge is -2.19. The van der Waals surface area contributed by atoms with Crippen molar-refractivity contribution in [3.05, 3.63) is 52.3 Å². The van der Waals surface area contributed by atoms with Gasteiger partial charge in [0.1, 0.15) is 5.69 Å². The van der Waals surface area contributed by atoms with Crippen molar-refractivity contribution >= 4 is 27.4 Å². The van der Waals surface area contributed by atoms with E-state index in [1.54, 1.807) is 13.0 Å². The summed E-state index contributed by atoms with van der Waals surface area (Å²) in [5, 5.41) is 2.67. The van der Waals surface area contributed by atoms with Gasteiger partial charge in [0.15, 0.2) is 5.78 Å². The summed E-state index contributed by atoms with van der Waals surface area (Å²) in [6.07, 6.45) is 1.22. The van der Waals surface area contributed by atoms with Crippen molar-refractivity contribution in [1.82, 2.24) is 10.3 Å². The number of sulfonamides is 1. The molecule has 0 spiro atoms. The molecule has 1 aliphatic rings. The minimum Gasteiger partial charge on any atom is -0.354 e. The largest absolute Gasteiger partial charge is 0.354 e. The lowest BCUT2D eigenvalue weighted by Crippen LogP contribution is -2.37. The highest BCUT2D eigenvalue weighted by Crippen LogP contribution is 2.29. The number of para-hydroxylation sites is 1. The van der Waals surface area contributed by atoms with E-state index in [0.717, 1.165) is 5.56 Å². The van der Waals surface area contributed by atoms with Gasteiger partial charge in [-0.3, -0.25) is 13.9 Å². The molecule has 2 heterocycles. The predicted octanol–water partition coefficient (Wildman–Crippen LogP) is 2.21. The number of aromatic nitrogens is 1. The van der Waals surface area contributed by atoms with Crippen LogP contribution in [0.15, 0.2) is 24.3 Å². The van der Waals surface area contributed by atoms with Crippen LogP contribution in [0.2, 0.25) is 0 Å². The van der Waals surface area contributed by atoms with Gasteiger partial charge in [-0.2, -0.15) is 0 Å². The second-order valence-electron chi connectivity index (χ2n) is 6.91. The number of Topliss-reactive ketones (excluding diaryl/α,β-unsaturated/α-hetero) is 1. The zero-order chi connectivity index (χ0) is 20.5. The Morgan fingerprint density at radius 3 is 2.64 bits per heavy atom. The number of nitrogens with zero attached hydrogens (tertiary/aromatic N) is 1. The van der Waals surface area contributed by atoms with Crippen LogP contribution in [0.5, 0.6) is 0 Å². The third-order valence-corrected chi connectivity index (χ3v) is 6.82. The number of nitrogens with one attached hydrogen (secondary N) is 2. The number of aryl methyl sites for hydroxylation is 1. The molecular formula is C20H25N3O4S. The fourth-order valence-electron chi connectivity index (χ4n) is 3.79. The zero-order valence-corrected chi connectivity index (χ0v) is 17.1. The Balaban J connectivity index is 1.68. The molecule has 1 amide bonds. The quantitative estimate of drug-likeness (QED) is 0.693. The van der Waals surface area contributed by atoms with E-state index in [0.29, 0.717) is 47.6 Å². The molecule has 0 bridgehead atoms. The fourth-order valence-corrected chi connectivity index (χ4v) is 5.22. The maximum Gasteiger partial charge on any atom is 0.268 e. The van der Waals surface area contributed by atoms with E-state index in [2.05, 4.69) is 10.3 Å². The summed E-state index contributed by atoms with van der Waals surface area (Å²) in [5.41, 5.74) is 3.91. The van der Waals surface area contributed by atoms with Gasteiger partial charge in [-0.1, -0.05) is 25.1 Å². The van der Waals surface area contributed by atoms with Gasteiger partial charge in [0, 0.05) is 24.3 Å². The fraction of sp³-hybridized carbons (Fsp3) is 0.400. The van der Waals surface area contributed by atoms with Gasteiger partial charge < -0.3 is 10.3 Å². The van der Waals surface area contributed by atoms with Crippen molar-refractivity contribution in [3.8, 4) is 0 Å². The van der Waals surface area contributed by atoms with Crippen molar-refractivity contribution in [2.24, 2.45) is 0 Å². The standard InChI is InChI=1S/C20H25N3O4S/c1-4-16-18(14(3)24)13(2)22-19(16)20(25)21-10-12-28(26,27)23-11-9-15-7-5-6-8-17(15)23/h5-8,22H,4,9-12H2,1-3H3,(H,21,25). The number of anilines is 1. The monoisotopic (exact) mass is 403 g/mol. The van der Waals surface area contributed by atoms with Crippen LogP contribution in [-0.4, -0.2) is 43.9 Å². The topological polar surface area (TPSA) is 99.3 Å². The Morgan fingerprint density at radius 1 is 1.25 bits per heavy atom. The van der Waals surface area contributed by atoms with E-state index in [4.69, 9.17) is 0 Å². The number of hydrogen-bond donors (Lipinski definition) is 2. The molecule has 0 radical (unpaired) electrons. The molecule has 2 aromatic rings. The van der Waals surface area contributed by atoms with Crippen LogP contribution in [-0.2, 0) is 22.9 Å². The highest BCUT2D eigenvalue weighted by molar-refractivity contribution is 7.92. The van der Waals surface area contributed by atoms with Crippen LogP contribution in [0.25, 0.3) is 0 Å². The molecule has 1 aromatic heterocycles. The van der Waals surface area contributed by atoms with E-state index < -0.39 is 15.9 Å². The molecule has 1 aliphatic heterocycles. The molecule has 2 N–H and O–H groups in total. The van der Waals surface area contributed by atoms with E-state index in [9.17, 15) is 18.0 Å². The van der Waals surface area contributed by atoms with Crippen LogP contribution in [0.4, 0.5) is 5.69 Å². The minimum absolute atomic E-state index is 0.00351. The van der Waals surface area contributed by atoms with Crippen molar-refractivity contribution in [2.45, 2.75) is 33.6 Å². The van der Waals surface area contributed by atoms with Gasteiger partial charge in [0.2, 0.25) is 10.0 Å². The number of fused-ring (bicyclic) bond motifs is 1. The molecule has 3 rings (SSSR count). The van der Waals surface area contributed by atoms with Gasteiger partial charge >= 0.3 is 0 Å². The number of carbonyl (C=O) groups excluding carboxylic acids is 2. The number of H-pyrrole nitrogens is 1. The summed E-state index contributed by atoms with van der Waals surface area (Å²) < 4.78 is 26.8. The second-order valence-corrected chi connectivity index (χ2v) is 8.92. The lowest BCUT2D eigenvalue weighted by molar-refractivity contribution is 0.0950. The highest BCUT2D eigenvalue weighted by Gasteiger charge is 2.29. The Labute approximate surface area is 165 Å². The summed E-state index contributed by atoms with van der Waals surface area (Å²) in [5.74, 6) is -0.683. The Morgan fingerprint density at radius 2 is 1.96 bits per heavy atom. The first-order chi connectivity index (χ1) is 13.3. The van der Waals surface area contributed by atoms with Crippen LogP contribution < -0.4 is 9.62 Å². The first-order valence-electron chi connectivity index (χ1n) is 9.35. The number of aromatic amines is 1. The zero-order valence-electron chi connectivity index (χ0n) is 16.3. The number of amides is 1. The number of benzene rings is 1. The maximum absolute atomic E-state index is 12.7. The molecule has 8 heteroatoms. The summed E-state index contributed by atoms with van der Waals surface area (Å²) in [6, 6.07) is 7.45. The average molecular weight is 404 g/mol. The summed E-state index contributed by atoms with van der Waals surface area (Å²) in [6.45, 7) is 5.52. The molecule has 0 unspecified atom stereocenters. The van der Waals surface area contributed by atoms with Gasteiger partial charge in [0.05, 0.1) is 11.4 Å². The smallest absolute Gasteiger partial charge is 0.268 e. The third-order valence-electron chi connectivity index (χ3n) is 5.05. The van der Waals surface area contributed by atoms with Crippen molar-refractivity contribution in [1.29, 1.82) is 0 Å². The van der Waals surface area contributed by atoms with Gasteiger partial charge in [-0.15, -0.1) is 0 Å². The molecular weight excluding hydrogens is 378 g/mol. The van der Waals surface area contributed by atoms with Gasteiger partial charge in [0.25, 0.3) is 5.91 Å². The van der Waals surface area contributed by atoms with Crippen LogP contribution in [0.1, 0.15) is 51.5 Å². The third kappa shape index (κ3) is 3.69. The Hall–Kier alpha value is -2.61. The Bertz CT molecular complexity index is 1020. The number of carbonyl (C=O) groups is 2. The molecule has 0 fully saturated rings. The SMILES string of the molecule is CCc1c(C(=O)NCCS(=O)(=O)N2CCc3ccccc32)[nH]c(C)c1C(C)=O. The van der Waals surface area contributed by atoms with E-state index in [1.165, 1.54) is 11.2 Å². The molecule has 0 saturated heterocycles. The van der Waals surface area contributed by atoms with Gasteiger partial charge in [-0.25, -0.2) is 8.42 Å². The second kappa shape index (κ2) is 7.79. The number of rotatable bonds is 7. The summed E-state index contributed by atoms with van der Waals surface area (Å²) in [4.78, 5) is 27.4. The van der Waals surface area contributed by atoms with Crippen molar-refractivity contribution < 1.29 is 18.0 Å². The highest BCUT2D eigenvalue weighted by atomic mass is 32.2. The Kier molecular flexibility index (Phi) is 5.60. The van der Waals surface area contributed by atoms with Crippen LogP contribution in [0.3, 0.4) is 0 Å². The number of ketones is 1. The molecule has 28 heavy (non-hydrogen) atoms. The molecule has 0 saturated carbocycles. The molecule has 1 aromatic carbocycles. The van der Waals surface area contributed by atoms with Crippen LogP contribution in [0, 0.1) is 6.92 Å². The molecule has 150 valence electrons. The van der Waals surface area contributed by atoms with E-state index >= 15 is 0 Å². The lowest BCUT2D eigenvalue weighted by atomic mass is 10.0. The number of hydrogen-bond acceptors (Lipinski definition) is 4. The summed E-state index contributed by atoms with van der Waals surface area (Å²) in [7, 11) is -3.53. The maximum atomic E-state index is 12.7. The normalized spacial score (nSPS) is 13.5. The minimum atomic E-state index is -3.53. The molecule has 7 nitrogen and oxygen atoms in total. The first kappa shape index (κ1) is 20.1. The molecule has 0 atom stereocenters. The van der Waals surface area contributed by atoms with Gasteiger partial charge in [-0.05, 0) is 43.9 Å². The first-order valence-corrected chi connectivity index (χ1v) is 11.0. The van der Waals surface area contributed by atoms with Crippen LogP contribution >= 0.6 is 0 Å². The predicted molar refractivity (Wildman–Crippen MR) is 109 cm³/mol. The average Bonchev–Trinajstić information content (AvgIpc) is 3.22. The molecule has 0 aliphatic carbocycles. The van der Waals surface area contributed by atoms with Crippen molar-refractivity contribution in [2.75, 3.05) is 23.1 Å². The van der Waals surface area contributed by atoms with E-state index in [-0.39, 0.29) is 18.1 Å².